The lowest BCUT2D eigenvalue weighted by atomic mass is 9.66. The summed E-state index contributed by atoms with van der Waals surface area (Å²) in [6.45, 7) is 2.21. The molecule has 2 aromatic rings. The van der Waals surface area contributed by atoms with Crippen molar-refractivity contribution in [1.29, 1.82) is 0 Å². The summed E-state index contributed by atoms with van der Waals surface area (Å²) in [5.74, 6) is 1.13. The fourth-order valence-electron chi connectivity index (χ4n) is 2.40. The van der Waals surface area contributed by atoms with Crippen molar-refractivity contribution in [2.24, 2.45) is 0 Å². The van der Waals surface area contributed by atoms with Crippen molar-refractivity contribution in [1.82, 2.24) is 0 Å². The number of hydrogen-bond acceptors (Lipinski definition) is 1. The fourth-order valence-corrected chi connectivity index (χ4v) is 3.21. The standard InChI is InChI=1S/C20H24BS/c1-2-22-20-16-10-9-15-19(20)21-17-11-4-3-6-12-18-13-7-5-8-14-18/h3-5,7-10,13-16H,2,6,11-12,17H2,1H3. The van der Waals surface area contributed by atoms with Gasteiger partial charge >= 0.3 is 0 Å². The predicted octanol–water partition coefficient (Wildman–Crippen LogP) is 5.13. The molecule has 1 radical (unpaired) electrons. The van der Waals surface area contributed by atoms with Crippen molar-refractivity contribution < 1.29 is 0 Å². The maximum Gasteiger partial charge on any atom is 0.153 e. The first-order valence-electron chi connectivity index (χ1n) is 8.14. The minimum Gasteiger partial charge on any atom is -0.127 e. The summed E-state index contributed by atoms with van der Waals surface area (Å²) in [4.78, 5) is 1.40. The summed E-state index contributed by atoms with van der Waals surface area (Å²) in [6.07, 6.45) is 9.13. The van der Waals surface area contributed by atoms with Gasteiger partial charge in [-0.1, -0.05) is 79.4 Å². The van der Waals surface area contributed by atoms with Gasteiger partial charge in [0.1, 0.15) is 0 Å². The molecule has 0 atom stereocenters. The Morgan fingerprint density at radius 3 is 2.45 bits per heavy atom. The Labute approximate surface area is 140 Å². The van der Waals surface area contributed by atoms with Crippen molar-refractivity contribution >= 4 is 24.5 Å². The highest BCUT2D eigenvalue weighted by Gasteiger charge is 2.01. The van der Waals surface area contributed by atoms with Crippen molar-refractivity contribution in [3.8, 4) is 0 Å². The third-order valence-corrected chi connectivity index (χ3v) is 4.50. The van der Waals surface area contributed by atoms with Crippen molar-refractivity contribution in [2.75, 3.05) is 5.75 Å². The summed E-state index contributed by atoms with van der Waals surface area (Å²) in [5, 5.41) is 0. The second-order valence-electron chi connectivity index (χ2n) is 5.25. The molecule has 22 heavy (non-hydrogen) atoms. The van der Waals surface area contributed by atoms with E-state index in [1.807, 2.05) is 11.8 Å². The Bertz CT molecular complexity index is 563. The predicted molar refractivity (Wildman–Crippen MR) is 102 cm³/mol. The molecule has 0 saturated carbocycles. The van der Waals surface area contributed by atoms with Crippen molar-refractivity contribution in [3.05, 3.63) is 72.3 Å². The Kier molecular flexibility index (Phi) is 7.97. The van der Waals surface area contributed by atoms with E-state index in [0.717, 1.165) is 31.3 Å². The van der Waals surface area contributed by atoms with Gasteiger partial charge in [0.2, 0.25) is 0 Å². The highest BCUT2D eigenvalue weighted by Crippen LogP contribution is 2.14. The van der Waals surface area contributed by atoms with Crippen LogP contribution in [0.4, 0.5) is 0 Å². The van der Waals surface area contributed by atoms with Gasteiger partial charge in [-0.25, -0.2) is 0 Å². The first-order valence-corrected chi connectivity index (χ1v) is 9.12. The third-order valence-electron chi connectivity index (χ3n) is 3.53. The lowest BCUT2D eigenvalue weighted by Crippen LogP contribution is -2.15. The van der Waals surface area contributed by atoms with Crippen LogP contribution < -0.4 is 5.46 Å². The number of hydrogen-bond donors (Lipinski definition) is 0. The lowest BCUT2D eigenvalue weighted by molar-refractivity contribution is 0.991. The Balaban J connectivity index is 1.66. The number of rotatable bonds is 9. The minimum absolute atomic E-state index is 1.11. The van der Waals surface area contributed by atoms with Crippen LogP contribution >= 0.6 is 11.8 Å². The Morgan fingerprint density at radius 2 is 1.64 bits per heavy atom. The van der Waals surface area contributed by atoms with Gasteiger partial charge in [-0.15, -0.1) is 11.8 Å². The molecule has 0 heterocycles. The minimum atomic E-state index is 1.11. The molecular weight excluding hydrogens is 283 g/mol. The molecule has 2 heteroatoms. The SMILES string of the molecule is CCSc1ccccc1[B]CCC=CCCc1ccccc1. The molecule has 0 aliphatic rings. The second kappa shape index (κ2) is 10.3. The van der Waals surface area contributed by atoms with E-state index in [1.165, 1.54) is 15.9 Å². The molecule has 0 N–H and O–H groups in total. The molecule has 2 aromatic carbocycles. The summed E-state index contributed by atoms with van der Waals surface area (Å²) < 4.78 is 0. The Hall–Kier alpha value is -1.41. The van der Waals surface area contributed by atoms with Crippen LogP contribution in [0.15, 0.2) is 71.6 Å². The normalized spacial score (nSPS) is 11.0. The molecule has 0 fully saturated rings. The van der Waals surface area contributed by atoms with E-state index in [0.29, 0.717) is 0 Å². The first kappa shape index (κ1) is 17.0. The smallest absolute Gasteiger partial charge is 0.127 e. The van der Waals surface area contributed by atoms with Gasteiger partial charge in [-0.3, -0.25) is 0 Å². The zero-order valence-electron chi connectivity index (χ0n) is 13.4. The van der Waals surface area contributed by atoms with E-state index in [4.69, 9.17) is 0 Å². The first-order chi connectivity index (χ1) is 10.9. The van der Waals surface area contributed by atoms with Crippen LogP contribution in [0.5, 0.6) is 0 Å². The zero-order chi connectivity index (χ0) is 15.5. The Morgan fingerprint density at radius 1 is 0.909 bits per heavy atom. The van der Waals surface area contributed by atoms with Crippen LogP contribution in [-0.2, 0) is 6.42 Å². The quantitative estimate of drug-likeness (QED) is 0.268. The topological polar surface area (TPSA) is 0 Å². The summed E-state index contributed by atoms with van der Waals surface area (Å²) in [7, 11) is 2.36. The molecule has 0 saturated heterocycles. The molecule has 113 valence electrons. The molecule has 0 amide bonds. The van der Waals surface area contributed by atoms with E-state index in [2.05, 4.69) is 81.0 Å². The van der Waals surface area contributed by atoms with Crippen molar-refractivity contribution in [3.63, 3.8) is 0 Å². The molecule has 0 spiro atoms. The summed E-state index contributed by atoms with van der Waals surface area (Å²) >= 11 is 1.92. The van der Waals surface area contributed by atoms with Crippen LogP contribution in [0, 0.1) is 0 Å². The van der Waals surface area contributed by atoms with Gasteiger partial charge < -0.3 is 0 Å². The van der Waals surface area contributed by atoms with Gasteiger partial charge in [-0.05, 0) is 36.6 Å². The average molecular weight is 307 g/mol. The molecular formula is C20H24BS. The van der Waals surface area contributed by atoms with Gasteiger partial charge in [0.15, 0.2) is 7.28 Å². The lowest BCUT2D eigenvalue weighted by Gasteiger charge is -2.06. The second-order valence-corrected chi connectivity index (χ2v) is 6.55. The molecule has 2 rings (SSSR count). The molecule has 0 aliphatic heterocycles. The third kappa shape index (κ3) is 6.15. The number of thioether (sulfide) groups is 1. The van der Waals surface area contributed by atoms with Crippen LogP contribution in [0.3, 0.4) is 0 Å². The number of aryl methyl sites for hydroxylation is 1. The van der Waals surface area contributed by atoms with Crippen LogP contribution in [0.1, 0.15) is 25.3 Å². The van der Waals surface area contributed by atoms with Gasteiger partial charge in [-0.2, -0.15) is 0 Å². The molecule has 0 nitrogen and oxygen atoms in total. The van der Waals surface area contributed by atoms with Crippen LogP contribution in [0.2, 0.25) is 6.32 Å². The van der Waals surface area contributed by atoms with Gasteiger partial charge in [0, 0.05) is 4.90 Å². The van der Waals surface area contributed by atoms with Crippen LogP contribution in [-0.4, -0.2) is 13.0 Å². The van der Waals surface area contributed by atoms with Crippen LogP contribution in [0.25, 0.3) is 0 Å². The molecule has 0 aliphatic carbocycles. The number of benzene rings is 2. The van der Waals surface area contributed by atoms with Gasteiger partial charge in [0.05, 0.1) is 0 Å². The summed E-state index contributed by atoms with van der Waals surface area (Å²) in [5.41, 5.74) is 2.80. The summed E-state index contributed by atoms with van der Waals surface area (Å²) in [6, 6.07) is 19.4. The maximum absolute atomic E-state index is 2.36. The highest BCUT2D eigenvalue weighted by molar-refractivity contribution is 7.99. The number of allylic oxidation sites excluding steroid dienone is 2. The largest absolute Gasteiger partial charge is 0.153 e. The molecule has 0 aromatic heterocycles. The van der Waals surface area contributed by atoms with Crippen molar-refractivity contribution in [2.45, 2.75) is 37.4 Å². The van der Waals surface area contributed by atoms with E-state index < -0.39 is 0 Å². The van der Waals surface area contributed by atoms with E-state index in [1.54, 1.807) is 0 Å². The molecule has 0 bridgehead atoms. The van der Waals surface area contributed by atoms with E-state index in [9.17, 15) is 0 Å². The zero-order valence-corrected chi connectivity index (χ0v) is 14.2. The molecule has 0 unspecified atom stereocenters. The fraction of sp³-hybridized carbons (Fsp3) is 0.300. The van der Waals surface area contributed by atoms with Gasteiger partial charge in [0.25, 0.3) is 0 Å². The highest BCUT2D eigenvalue weighted by atomic mass is 32.2. The average Bonchev–Trinajstić information content (AvgIpc) is 2.56. The monoisotopic (exact) mass is 307 g/mol. The van der Waals surface area contributed by atoms with E-state index >= 15 is 0 Å². The van der Waals surface area contributed by atoms with E-state index in [-0.39, 0.29) is 0 Å². The maximum atomic E-state index is 2.36.